The van der Waals surface area contributed by atoms with Crippen molar-refractivity contribution in [1.29, 1.82) is 0 Å². The van der Waals surface area contributed by atoms with Crippen LogP contribution in [-0.2, 0) is 22.5 Å². The van der Waals surface area contributed by atoms with Gasteiger partial charge in [0.2, 0.25) is 0 Å². The van der Waals surface area contributed by atoms with Gasteiger partial charge in [0.15, 0.2) is 11.5 Å². The Morgan fingerprint density at radius 3 is 2.38 bits per heavy atom. The normalized spacial score (nSPS) is 13.9. The third-order valence-corrected chi connectivity index (χ3v) is 6.24. The molecule has 1 heterocycles. The highest BCUT2D eigenvalue weighted by molar-refractivity contribution is 5.94. The topological polar surface area (TPSA) is 77.5 Å². The molecule has 1 aliphatic heterocycles. The summed E-state index contributed by atoms with van der Waals surface area (Å²) in [7, 11) is 3.19. The van der Waals surface area contributed by atoms with E-state index >= 15 is 0 Å². The average molecular weight is 539 g/mol. The van der Waals surface area contributed by atoms with Gasteiger partial charge in [-0.25, -0.2) is 4.79 Å². The smallest absolute Gasteiger partial charge is 0.325 e. The average Bonchev–Trinajstić information content (AvgIpc) is 2.88. The minimum absolute atomic E-state index is 0.135. The van der Waals surface area contributed by atoms with E-state index in [1.165, 1.54) is 0 Å². The predicted octanol–water partition coefficient (Wildman–Crippen LogP) is 6.16. The molecule has 1 fully saturated rings. The number of amides is 2. The Morgan fingerprint density at radius 1 is 0.974 bits per heavy atom. The molecule has 39 heavy (non-hydrogen) atoms. The molecule has 3 rings (SSSR count). The number of carbonyl (C=O) groups is 2. The van der Waals surface area contributed by atoms with Crippen LogP contribution >= 0.6 is 0 Å². The lowest BCUT2D eigenvalue weighted by molar-refractivity contribution is -0.153. The first-order valence-electron chi connectivity index (χ1n) is 13.5. The summed E-state index contributed by atoms with van der Waals surface area (Å²) in [5.74, 6) is 1.55. The Labute approximate surface area is 232 Å². The predicted molar refractivity (Wildman–Crippen MR) is 153 cm³/mol. The number of anilines is 1. The monoisotopic (exact) mass is 538 g/mol. The number of carbonyl (C=O) groups excluding carboxylic acids is 2. The van der Waals surface area contributed by atoms with Gasteiger partial charge in [0, 0.05) is 23.9 Å². The van der Waals surface area contributed by atoms with Crippen LogP contribution in [0.15, 0.2) is 48.6 Å². The van der Waals surface area contributed by atoms with Crippen molar-refractivity contribution >= 4 is 17.7 Å². The van der Waals surface area contributed by atoms with Crippen molar-refractivity contribution in [3.8, 4) is 17.2 Å². The first-order valence-corrected chi connectivity index (χ1v) is 13.5. The van der Waals surface area contributed by atoms with Crippen LogP contribution in [0.2, 0.25) is 0 Å². The number of unbranched alkanes of at least 4 members (excludes halogenated alkanes) is 2. The largest absolute Gasteiger partial charge is 0.496 e. The SMILES string of the molecule is C=C1CN(Cc2ccc(CC(=O)OC(C)(C)C)cc2OC)C(=O)N(c2ccc(OC)c(OCCCCC)c2)C1. The van der Waals surface area contributed by atoms with E-state index in [-0.39, 0.29) is 18.4 Å². The van der Waals surface area contributed by atoms with Gasteiger partial charge in [-0.15, -0.1) is 0 Å². The molecule has 0 aliphatic carbocycles. The quantitative estimate of drug-likeness (QED) is 0.183. The molecule has 0 aromatic heterocycles. The van der Waals surface area contributed by atoms with Crippen LogP contribution in [0.25, 0.3) is 0 Å². The number of hydrogen-bond acceptors (Lipinski definition) is 6. The van der Waals surface area contributed by atoms with Gasteiger partial charge in [-0.2, -0.15) is 0 Å². The summed E-state index contributed by atoms with van der Waals surface area (Å²) in [6.07, 6.45) is 3.29. The molecule has 0 atom stereocenters. The Morgan fingerprint density at radius 2 is 1.72 bits per heavy atom. The molecule has 212 valence electrons. The van der Waals surface area contributed by atoms with Gasteiger partial charge in [-0.05, 0) is 56.5 Å². The second-order valence-corrected chi connectivity index (χ2v) is 10.8. The molecule has 2 aromatic rings. The summed E-state index contributed by atoms with van der Waals surface area (Å²) < 4.78 is 22.5. The number of esters is 1. The molecule has 0 N–H and O–H groups in total. The van der Waals surface area contributed by atoms with Crippen LogP contribution in [-0.4, -0.2) is 56.4 Å². The number of urea groups is 1. The summed E-state index contributed by atoms with van der Waals surface area (Å²) in [6, 6.07) is 11.0. The summed E-state index contributed by atoms with van der Waals surface area (Å²) in [6.45, 7) is 13.6. The maximum atomic E-state index is 13.6. The molecule has 0 bridgehead atoms. The number of methoxy groups -OCH3 is 2. The van der Waals surface area contributed by atoms with E-state index in [0.29, 0.717) is 43.5 Å². The summed E-state index contributed by atoms with van der Waals surface area (Å²) in [5.41, 5.74) is 2.71. The molecule has 0 radical (unpaired) electrons. The molecule has 2 aromatic carbocycles. The van der Waals surface area contributed by atoms with Crippen molar-refractivity contribution < 1.29 is 28.5 Å². The summed E-state index contributed by atoms with van der Waals surface area (Å²) in [4.78, 5) is 29.3. The van der Waals surface area contributed by atoms with Crippen molar-refractivity contribution in [3.63, 3.8) is 0 Å². The van der Waals surface area contributed by atoms with Crippen molar-refractivity contribution in [2.75, 3.05) is 38.8 Å². The Bertz CT molecular complexity index is 1170. The number of benzene rings is 2. The fourth-order valence-electron chi connectivity index (χ4n) is 4.43. The Balaban J connectivity index is 1.77. The van der Waals surface area contributed by atoms with E-state index in [1.54, 1.807) is 24.0 Å². The lowest BCUT2D eigenvalue weighted by Gasteiger charge is -2.37. The number of nitrogens with zero attached hydrogens (tertiary/aromatic N) is 2. The van der Waals surface area contributed by atoms with Crippen molar-refractivity contribution in [1.82, 2.24) is 4.90 Å². The molecule has 0 spiro atoms. The van der Waals surface area contributed by atoms with Crippen molar-refractivity contribution in [3.05, 3.63) is 59.7 Å². The lowest BCUT2D eigenvalue weighted by Crippen LogP contribution is -2.50. The molecule has 1 aliphatic rings. The highest BCUT2D eigenvalue weighted by Gasteiger charge is 2.30. The standard InChI is InChI=1S/C31H42N2O6/c1-8-9-10-15-38-28-18-25(13-14-26(28)36-6)33-20-22(2)19-32(30(33)35)21-24-12-11-23(16-27(24)37-7)17-29(34)39-31(3,4)5/h11-14,16,18H,2,8-10,15,17,19-21H2,1,3-7H3. The van der Waals surface area contributed by atoms with Gasteiger partial charge < -0.3 is 23.8 Å². The van der Waals surface area contributed by atoms with E-state index in [4.69, 9.17) is 18.9 Å². The zero-order chi connectivity index (χ0) is 28.6. The number of hydrogen-bond donors (Lipinski definition) is 0. The highest BCUT2D eigenvalue weighted by Crippen LogP contribution is 2.34. The minimum Gasteiger partial charge on any atom is -0.496 e. The molecule has 0 saturated carbocycles. The zero-order valence-corrected chi connectivity index (χ0v) is 24.2. The third-order valence-electron chi connectivity index (χ3n) is 6.24. The van der Waals surface area contributed by atoms with Crippen LogP contribution in [0.1, 0.15) is 58.1 Å². The molecular weight excluding hydrogens is 496 g/mol. The van der Waals surface area contributed by atoms with Gasteiger partial charge in [0.25, 0.3) is 0 Å². The van der Waals surface area contributed by atoms with Crippen LogP contribution in [0.4, 0.5) is 10.5 Å². The van der Waals surface area contributed by atoms with E-state index in [0.717, 1.165) is 41.6 Å². The van der Waals surface area contributed by atoms with Crippen molar-refractivity contribution in [2.45, 2.75) is 65.5 Å². The molecule has 8 heteroatoms. The second-order valence-electron chi connectivity index (χ2n) is 10.8. The van der Waals surface area contributed by atoms with Crippen molar-refractivity contribution in [2.24, 2.45) is 0 Å². The maximum Gasteiger partial charge on any atom is 0.325 e. The van der Waals surface area contributed by atoms with Crippen LogP contribution in [0.3, 0.4) is 0 Å². The fraction of sp³-hybridized carbons (Fsp3) is 0.484. The van der Waals surface area contributed by atoms with Crippen LogP contribution in [0.5, 0.6) is 17.2 Å². The third kappa shape index (κ3) is 8.40. The fourth-order valence-corrected chi connectivity index (χ4v) is 4.43. The van der Waals surface area contributed by atoms with Gasteiger partial charge >= 0.3 is 12.0 Å². The summed E-state index contributed by atoms with van der Waals surface area (Å²) in [5, 5.41) is 0. The lowest BCUT2D eigenvalue weighted by atomic mass is 10.1. The molecular formula is C31H42N2O6. The van der Waals surface area contributed by atoms with E-state index in [1.807, 2.05) is 57.2 Å². The van der Waals surface area contributed by atoms with Gasteiger partial charge in [0.1, 0.15) is 11.4 Å². The van der Waals surface area contributed by atoms with Crippen LogP contribution in [0, 0.1) is 0 Å². The Kier molecular flexibility index (Phi) is 10.3. The number of ether oxygens (including phenoxy) is 4. The molecule has 2 amide bonds. The second kappa shape index (κ2) is 13.4. The number of rotatable bonds is 12. The zero-order valence-electron chi connectivity index (χ0n) is 24.2. The minimum atomic E-state index is -0.546. The molecule has 1 saturated heterocycles. The van der Waals surface area contributed by atoms with Gasteiger partial charge in [-0.3, -0.25) is 9.69 Å². The first kappa shape index (κ1) is 29.9. The summed E-state index contributed by atoms with van der Waals surface area (Å²) >= 11 is 0. The molecule has 0 unspecified atom stereocenters. The van der Waals surface area contributed by atoms with E-state index in [2.05, 4.69) is 13.5 Å². The van der Waals surface area contributed by atoms with E-state index in [9.17, 15) is 9.59 Å². The first-order chi connectivity index (χ1) is 18.5. The highest BCUT2D eigenvalue weighted by atomic mass is 16.6. The van der Waals surface area contributed by atoms with Crippen LogP contribution < -0.4 is 19.1 Å². The Hall–Kier alpha value is -3.68. The van der Waals surface area contributed by atoms with E-state index < -0.39 is 5.60 Å². The van der Waals surface area contributed by atoms with Gasteiger partial charge in [0.05, 0.1) is 40.3 Å². The maximum absolute atomic E-state index is 13.6. The molecule has 8 nitrogen and oxygen atoms in total. The van der Waals surface area contributed by atoms with Gasteiger partial charge in [-0.1, -0.05) is 38.5 Å².